The predicted molar refractivity (Wildman–Crippen MR) is 146 cm³/mol. The standard InChI is InChI=1S/C33H31NO5/c1-17-15-26(35)29-25(30(17)36)16-24-21(27(29)22-12-11-18-7-5-6-10-20(18)31(22)37)13-14-23-28(24)33(39)34(32(23)38)19-8-3-2-4-9-19/h5-7,10-13,15,19,23-24,27-28,37H,2-4,8-9,14,16H2,1H3. The lowest BCUT2D eigenvalue weighted by Gasteiger charge is -2.42. The van der Waals surface area contributed by atoms with Crippen LogP contribution in [0.25, 0.3) is 10.8 Å². The van der Waals surface area contributed by atoms with Crippen LogP contribution in [0, 0.1) is 17.8 Å². The minimum Gasteiger partial charge on any atom is -0.507 e. The third-order valence-electron chi connectivity index (χ3n) is 9.78. The average molecular weight is 522 g/mol. The van der Waals surface area contributed by atoms with Gasteiger partial charge in [0.1, 0.15) is 5.75 Å². The first kappa shape index (κ1) is 24.3. The fraction of sp³-hybridized carbons (Fsp3) is 0.394. The molecule has 2 aromatic carbocycles. The number of carbonyl (C=O) groups excluding carboxylic acids is 4. The van der Waals surface area contributed by atoms with Crippen molar-refractivity contribution in [1.82, 2.24) is 4.90 Å². The van der Waals surface area contributed by atoms with E-state index in [0.29, 0.717) is 34.1 Å². The van der Waals surface area contributed by atoms with E-state index in [1.807, 2.05) is 42.5 Å². The van der Waals surface area contributed by atoms with E-state index >= 15 is 0 Å². The summed E-state index contributed by atoms with van der Waals surface area (Å²) in [5, 5.41) is 13.0. The number of allylic oxidation sites excluding steroid dienone is 6. The van der Waals surface area contributed by atoms with Crippen molar-refractivity contribution in [3.05, 3.63) is 76.4 Å². The summed E-state index contributed by atoms with van der Waals surface area (Å²) in [6.45, 7) is 1.65. The summed E-state index contributed by atoms with van der Waals surface area (Å²) >= 11 is 0. The number of nitrogens with zero attached hydrogens (tertiary/aromatic N) is 1. The van der Waals surface area contributed by atoms with Gasteiger partial charge in [0.05, 0.1) is 11.8 Å². The molecule has 2 fully saturated rings. The first-order valence-corrected chi connectivity index (χ1v) is 14.1. The number of hydrogen-bond acceptors (Lipinski definition) is 5. The molecule has 2 aromatic rings. The first-order valence-electron chi connectivity index (χ1n) is 14.1. The summed E-state index contributed by atoms with van der Waals surface area (Å²) in [6, 6.07) is 11.2. The number of rotatable bonds is 2. The highest BCUT2D eigenvalue weighted by atomic mass is 16.3. The van der Waals surface area contributed by atoms with Crippen molar-refractivity contribution in [3.63, 3.8) is 0 Å². The molecule has 0 aromatic heterocycles. The van der Waals surface area contributed by atoms with Gasteiger partial charge in [0, 0.05) is 39.6 Å². The summed E-state index contributed by atoms with van der Waals surface area (Å²) in [5.74, 6) is -2.53. The van der Waals surface area contributed by atoms with Gasteiger partial charge >= 0.3 is 0 Å². The van der Waals surface area contributed by atoms with Gasteiger partial charge in [0.15, 0.2) is 11.6 Å². The van der Waals surface area contributed by atoms with E-state index in [9.17, 15) is 24.3 Å². The number of fused-ring (bicyclic) bond motifs is 4. The lowest BCUT2D eigenvalue weighted by molar-refractivity contribution is -0.143. The van der Waals surface area contributed by atoms with Gasteiger partial charge in [0.2, 0.25) is 11.8 Å². The number of amides is 2. The third-order valence-corrected chi connectivity index (χ3v) is 9.78. The van der Waals surface area contributed by atoms with Crippen molar-refractivity contribution in [2.45, 2.75) is 63.8 Å². The Kier molecular flexibility index (Phi) is 5.51. The SMILES string of the molecule is CC1=CC(=O)C2=C(CC3C(=CCC4C(=O)N(C5CCCCC5)C(=O)C43)C2c2ccc3ccccc3c2O)C1=O. The Morgan fingerprint density at radius 3 is 2.46 bits per heavy atom. The van der Waals surface area contributed by atoms with Crippen molar-refractivity contribution >= 4 is 34.2 Å². The van der Waals surface area contributed by atoms with Gasteiger partial charge in [-0.1, -0.05) is 67.3 Å². The summed E-state index contributed by atoms with van der Waals surface area (Å²) < 4.78 is 0. The Morgan fingerprint density at radius 2 is 1.67 bits per heavy atom. The van der Waals surface area contributed by atoms with Crippen molar-refractivity contribution in [1.29, 1.82) is 0 Å². The molecule has 6 nitrogen and oxygen atoms in total. The lowest BCUT2D eigenvalue weighted by Crippen LogP contribution is -2.43. The van der Waals surface area contributed by atoms with E-state index in [0.717, 1.165) is 43.1 Å². The second-order valence-electron chi connectivity index (χ2n) is 11.8. The van der Waals surface area contributed by atoms with Gasteiger partial charge in [-0.15, -0.1) is 0 Å². The number of carbonyl (C=O) groups is 4. The van der Waals surface area contributed by atoms with Crippen LogP contribution in [0.2, 0.25) is 0 Å². The largest absolute Gasteiger partial charge is 0.507 e. The normalized spacial score (nSPS) is 29.3. The van der Waals surface area contributed by atoms with Gasteiger partial charge in [-0.05, 0) is 50.0 Å². The zero-order chi connectivity index (χ0) is 27.0. The van der Waals surface area contributed by atoms with Crippen LogP contribution in [0.4, 0.5) is 0 Å². The summed E-state index contributed by atoms with van der Waals surface area (Å²) in [6.07, 6.45) is 8.97. The summed E-state index contributed by atoms with van der Waals surface area (Å²) in [4.78, 5) is 56.2. The molecule has 0 radical (unpaired) electrons. The van der Waals surface area contributed by atoms with E-state index in [1.54, 1.807) is 11.8 Å². The maximum atomic E-state index is 14.0. The van der Waals surface area contributed by atoms with E-state index < -0.39 is 17.8 Å². The molecule has 5 aliphatic rings. The van der Waals surface area contributed by atoms with Crippen molar-refractivity contribution in [2.24, 2.45) is 17.8 Å². The van der Waals surface area contributed by atoms with Crippen LogP contribution < -0.4 is 0 Å². The number of imide groups is 1. The molecule has 4 unspecified atom stereocenters. The Labute approximate surface area is 227 Å². The second-order valence-corrected chi connectivity index (χ2v) is 11.8. The zero-order valence-electron chi connectivity index (χ0n) is 22.0. The highest BCUT2D eigenvalue weighted by Gasteiger charge is 2.57. The van der Waals surface area contributed by atoms with Crippen LogP contribution in [0.3, 0.4) is 0 Å². The molecular weight excluding hydrogens is 490 g/mol. The summed E-state index contributed by atoms with van der Waals surface area (Å²) in [5.41, 5.74) is 2.65. The minimum absolute atomic E-state index is 0.0467. The van der Waals surface area contributed by atoms with E-state index in [1.165, 1.54) is 6.08 Å². The lowest BCUT2D eigenvalue weighted by atomic mass is 9.59. The molecule has 1 N–H and O–H groups in total. The van der Waals surface area contributed by atoms with Gasteiger partial charge in [-0.3, -0.25) is 24.1 Å². The van der Waals surface area contributed by atoms with Crippen LogP contribution >= 0.6 is 0 Å². The van der Waals surface area contributed by atoms with Crippen LogP contribution in [0.15, 0.2) is 70.8 Å². The molecule has 1 saturated heterocycles. The smallest absolute Gasteiger partial charge is 0.233 e. The number of aromatic hydroxyl groups is 1. The molecule has 39 heavy (non-hydrogen) atoms. The maximum Gasteiger partial charge on any atom is 0.233 e. The van der Waals surface area contributed by atoms with E-state index in [4.69, 9.17) is 0 Å². The molecule has 0 bridgehead atoms. The van der Waals surface area contributed by atoms with E-state index in [-0.39, 0.29) is 47.5 Å². The molecular formula is C33H31NO5. The average Bonchev–Trinajstić information content (AvgIpc) is 3.21. The first-order chi connectivity index (χ1) is 18.9. The molecule has 4 atom stereocenters. The number of hydrogen-bond donors (Lipinski definition) is 1. The number of benzene rings is 2. The van der Waals surface area contributed by atoms with Gasteiger partial charge in [-0.2, -0.15) is 0 Å². The van der Waals surface area contributed by atoms with Crippen LogP contribution in [-0.4, -0.2) is 39.4 Å². The Bertz CT molecular complexity index is 1570. The zero-order valence-corrected chi connectivity index (χ0v) is 22.0. The highest BCUT2D eigenvalue weighted by molar-refractivity contribution is 6.24. The second kappa shape index (κ2) is 8.87. The van der Waals surface area contributed by atoms with Crippen LogP contribution in [0.5, 0.6) is 5.75 Å². The van der Waals surface area contributed by atoms with Crippen molar-refractivity contribution in [3.8, 4) is 5.75 Å². The Balaban J connectivity index is 1.38. The molecule has 4 aliphatic carbocycles. The number of ketones is 2. The quantitative estimate of drug-likeness (QED) is 0.329. The molecule has 7 rings (SSSR count). The third kappa shape index (κ3) is 3.46. The van der Waals surface area contributed by atoms with Gasteiger partial charge in [-0.25, -0.2) is 0 Å². The number of phenolic OH excluding ortho intramolecular Hbond substituents is 1. The maximum absolute atomic E-state index is 14.0. The Morgan fingerprint density at radius 1 is 0.897 bits per heavy atom. The predicted octanol–water partition coefficient (Wildman–Crippen LogP) is 5.31. The van der Waals surface area contributed by atoms with Crippen LogP contribution in [-0.2, 0) is 19.2 Å². The molecule has 1 heterocycles. The molecule has 0 spiro atoms. The molecule has 6 heteroatoms. The monoisotopic (exact) mass is 521 g/mol. The topological polar surface area (TPSA) is 91.8 Å². The number of Topliss-reactive ketones (excluding diaryl/α,β-unsaturated/α-hetero) is 1. The summed E-state index contributed by atoms with van der Waals surface area (Å²) in [7, 11) is 0. The highest BCUT2D eigenvalue weighted by Crippen LogP contribution is 2.56. The van der Waals surface area contributed by atoms with Gasteiger partial charge in [0.25, 0.3) is 0 Å². The van der Waals surface area contributed by atoms with Crippen molar-refractivity contribution < 1.29 is 24.3 Å². The minimum atomic E-state index is -0.642. The Hall–Kier alpha value is -3.80. The molecule has 1 saturated carbocycles. The molecule has 1 aliphatic heterocycles. The van der Waals surface area contributed by atoms with Gasteiger partial charge < -0.3 is 5.11 Å². The fourth-order valence-corrected chi connectivity index (χ4v) is 7.97. The molecule has 198 valence electrons. The number of likely N-dealkylation sites (tertiary alicyclic amines) is 1. The number of phenols is 1. The van der Waals surface area contributed by atoms with Crippen molar-refractivity contribution in [2.75, 3.05) is 0 Å². The molecule has 2 amide bonds. The van der Waals surface area contributed by atoms with Crippen LogP contribution in [0.1, 0.15) is 63.4 Å². The van der Waals surface area contributed by atoms with E-state index in [2.05, 4.69) is 0 Å². The fourth-order valence-electron chi connectivity index (χ4n) is 7.97.